The first-order valence-corrected chi connectivity index (χ1v) is 8.89. The van der Waals surface area contributed by atoms with Gasteiger partial charge in [0, 0.05) is 12.2 Å². The molecule has 0 aromatic carbocycles. The Labute approximate surface area is 153 Å². The first-order valence-electron chi connectivity index (χ1n) is 8.51. The minimum absolute atomic E-state index is 0.00432. The molecule has 0 amide bonds. The first kappa shape index (κ1) is 18.8. The number of halogens is 4. The Morgan fingerprint density at radius 1 is 1.27 bits per heavy atom. The molecule has 1 aliphatic rings. The van der Waals surface area contributed by atoms with E-state index in [9.17, 15) is 13.2 Å². The van der Waals surface area contributed by atoms with Crippen LogP contribution in [0.2, 0.25) is 5.02 Å². The van der Waals surface area contributed by atoms with Crippen LogP contribution in [0.15, 0.2) is 17.3 Å². The van der Waals surface area contributed by atoms with E-state index in [0.29, 0.717) is 0 Å². The topological polar surface area (TPSA) is 80.6 Å². The maximum Gasteiger partial charge on any atom is 0.417 e. The van der Waals surface area contributed by atoms with Crippen LogP contribution in [0.4, 0.5) is 13.2 Å². The van der Waals surface area contributed by atoms with Crippen molar-refractivity contribution in [1.29, 1.82) is 0 Å². The van der Waals surface area contributed by atoms with E-state index in [0.717, 1.165) is 37.9 Å². The highest BCUT2D eigenvalue weighted by atomic mass is 35.5. The van der Waals surface area contributed by atoms with E-state index < -0.39 is 11.7 Å². The molecule has 1 fully saturated rings. The van der Waals surface area contributed by atoms with E-state index >= 15 is 0 Å². The fourth-order valence-corrected chi connectivity index (χ4v) is 3.34. The molecule has 0 saturated heterocycles. The molecule has 142 valence electrons. The average molecular weight is 389 g/mol. The summed E-state index contributed by atoms with van der Waals surface area (Å²) in [6.07, 6.45) is 3.23. The number of hydrogen-bond donors (Lipinski definition) is 2. The summed E-state index contributed by atoms with van der Waals surface area (Å²) in [6, 6.07) is 1.11. The molecule has 2 aromatic rings. The van der Waals surface area contributed by atoms with Gasteiger partial charge in [-0.25, -0.2) is 4.99 Å². The zero-order chi connectivity index (χ0) is 18.7. The molecule has 0 atom stereocenters. The molecule has 0 spiro atoms. The summed E-state index contributed by atoms with van der Waals surface area (Å²) in [5.74, 6) is 0.491. The lowest BCUT2D eigenvalue weighted by Gasteiger charge is -2.16. The van der Waals surface area contributed by atoms with E-state index in [1.54, 1.807) is 0 Å². The van der Waals surface area contributed by atoms with E-state index in [2.05, 4.69) is 20.5 Å². The summed E-state index contributed by atoms with van der Waals surface area (Å²) in [5, 5.41) is 10.8. The number of alkyl halides is 3. The normalized spacial score (nSPS) is 17.5. The van der Waals surface area contributed by atoms with Crippen molar-refractivity contribution in [1.82, 2.24) is 19.9 Å². The molecule has 3 rings (SSSR count). The van der Waals surface area contributed by atoms with E-state index in [1.165, 1.54) is 17.2 Å². The van der Waals surface area contributed by atoms with Crippen molar-refractivity contribution < 1.29 is 13.2 Å². The lowest BCUT2D eigenvalue weighted by atomic mass is 10.1. The fraction of sp³-hybridized carbons (Fsp3) is 0.562. The second-order valence-corrected chi connectivity index (χ2v) is 6.83. The Hall–Kier alpha value is -2.03. The molecule has 1 aliphatic carbocycles. The van der Waals surface area contributed by atoms with Gasteiger partial charge in [-0.15, -0.1) is 10.2 Å². The third-order valence-electron chi connectivity index (χ3n) is 4.46. The number of nitrogens with one attached hydrogen (secondary N) is 1. The fourth-order valence-electron chi connectivity index (χ4n) is 3.10. The molecule has 2 heterocycles. The monoisotopic (exact) mass is 388 g/mol. The van der Waals surface area contributed by atoms with Crippen molar-refractivity contribution in [2.24, 2.45) is 10.7 Å². The SMILES string of the molecule is NC(=NCc1nnc2c(Cl)cc(C(F)(F)F)cn12)NC1CCCCCC1. The Morgan fingerprint density at radius 3 is 2.62 bits per heavy atom. The second kappa shape index (κ2) is 7.69. The molecule has 10 heteroatoms. The number of nitrogens with zero attached hydrogens (tertiary/aromatic N) is 4. The van der Waals surface area contributed by atoms with Crippen LogP contribution >= 0.6 is 11.6 Å². The molecule has 0 unspecified atom stereocenters. The van der Waals surface area contributed by atoms with Crippen molar-refractivity contribution in [2.45, 2.75) is 57.3 Å². The number of guanidine groups is 1. The molecule has 3 N–H and O–H groups in total. The summed E-state index contributed by atoms with van der Waals surface area (Å²) in [6.45, 7) is 0.00432. The molecule has 2 aromatic heterocycles. The molecule has 0 radical (unpaired) electrons. The summed E-state index contributed by atoms with van der Waals surface area (Å²) in [4.78, 5) is 4.20. The predicted octanol–water partition coefficient (Wildman–Crippen LogP) is 3.53. The van der Waals surface area contributed by atoms with Gasteiger partial charge in [0.2, 0.25) is 0 Å². The minimum atomic E-state index is -4.51. The Morgan fingerprint density at radius 2 is 1.96 bits per heavy atom. The predicted molar refractivity (Wildman–Crippen MR) is 93.0 cm³/mol. The van der Waals surface area contributed by atoms with Crippen molar-refractivity contribution >= 4 is 23.2 Å². The van der Waals surface area contributed by atoms with Crippen molar-refractivity contribution in [3.63, 3.8) is 0 Å². The van der Waals surface area contributed by atoms with E-state index in [4.69, 9.17) is 17.3 Å². The maximum absolute atomic E-state index is 13.0. The minimum Gasteiger partial charge on any atom is -0.370 e. The highest BCUT2D eigenvalue weighted by molar-refractivity contribution is 6.33. The summed E-state index contributed by atoms with van der Waals surface area (Å²) < 4.78 is 40.1. The van der Waals surface area contributed by atoms with Crippen LogP contribution in [0, 0.1) is 0 Å². The van der Waals surface area contributed by atoms with Crippen molar-refractivity contribution in [3.05, 3.63) is 28.7 Å². The van der Waals surface area contributed by atoms with Crippen LogP contribution < -0.4 is 11.1 Å². The van der Waals surface area contributed by atoms with Crippen molar-refractivity contribution in [3.8, 4) is 0 Å². The lowest BCUT2D eigenvalue weighted by molar-refractivity contribution is -0.137. The van der Waals surface area contributed by atoms with Gasteiger partial charge in [-0.1, -0.05) is 37.3 Å². The summed E-state index contributed by atoms with van der Waals surface area (Å²) in [5.41, 5.74) is 5.20. The van der Waals surface area contributed by atoms with Gasteiger partial charge in [0.1, 0.15) is 6.54 Å². The summed E-state index contributed by atoms with van der Waals surface area (Å²) >= 11 is 5.89. The van der Waals surface area contributed by atoms with Gasteiger partial charge in [-0.3, -0.25) is 4.40 Å². The standard InChI is InChI=1S/C16H20ClF3N6/c17-12-7-10(16(18,19)20)9-26-13(24-25-14(12)26)8-22-15(21)23-11-5-3-1-2-4-6-11/h7,9,11H,1-6,8H2,(H3,21,22,23). The Kier molecular flexibility index (Phi) is 5.55. The number of aromatic nitrogens is 3. The van der Waals surface area contributed by atoms with Crippen LogP contribution in [0.3, 0.4) is 0 Å². The maximum atomic E-state index is 13.0. The first-order chi connectivity index (χ1) is 12.3. The molecule has 26 heavy (non-hydrogen) atoms. The number of nitrogens with two attached hydrogens (primary N) is 1. The van der Waals surface area contributed by atoms with Gasteiger partial charge in [0.25, 0.3) is 0 Å². The molecule has 0 aliphatic heterocycles. The number of pyridine rings is 1. The number of rotatable bonds is 3. The largest absolute Gasteiger partial charge is 0.417 e. The van der Waals surface area contributed by atoms with E-state index in [1.807, 2.05) is 0 Å². The van der Waals surface area contributed by atoms with Crippen LogP contribution in [-0.4, -0.2) is 26.6 Å². The van der Waals surface area contributed by atoms with Gasteiger partial charge >= 0.3 is 6.18 Å². The number of aliphatic imine (C=N–C) groups is 1. The van der Waals surface area contributed by atoms with Crippen LogP contribution in [0.5, 0.6) is 0 Å². The third kappa shape index (κ3) is 4.38. The average Bonchev–Trinajstić information content (AvgIpc) is 2.81. The Bertz CT molecular complexity index is 793. The van der Waals surface area contributed by atoms with Crippen molar-refractivity contribution in [2.75, 3.05) is 0 Å². The lowest BCUT2D eigenvalue weighted by Crippen LogP contribution is -2.39. The van der Waals surface area contributed by atoms with Crippen LogP contribution in [-0.2, 0) is 12.7 Å². The van der Waals surface area contributed by atoms with Gasteiger partial charge in [0.05, 0.1) is 10.6 Å². The molecular formula is C16H20ClF3N6. The number of fused-ring (bicyclic) bond motifs is 1. The van der Waals surface area contributed by atoms with Gasteiger partial charge < -0.3 is 11.1 Å². The zero-order valence-electron chi connectivity index (χ0n) is 14.1. The summed E-state index contributed by atoms with van der Waals surface area (Å²) in [7, 11) is 0. The molecule has 1 saturated carbocycles. The second-order valence-electron chi connectivity index (χ2n) is 6.42. The molecule has 0 bridgehead atoms. The van der Waals surface area contributed by atoms with Crippen LogP contribution in [0.1, 0.15) is 49.9 Å². The highest BCUT2D eigenvalue weighted by Gasteiger charge is 2.32. The third-order valence-corrected chi connectivity index (χ3v) is 4.73. The van der Waals surface area contributed by atoms with Crippen LogP contribution in [0.25, 0.3) is 5.65 Å². The number of hydrogen-bond acceptors (Lipinski definition) is 3. The molecular weight excluding hydrogens is 369 g/mol. The quantitative estimate of drug-likeness (QED) is 0.479. The van der Waals surface area contributed by atoms with E-state index in [-0.39, 0.29) is 35.0 Å². The zero-order valence-corrected chi connectivity index (χ0v) is 14.8. The smallest absolute Gasteiger partial charge is 0.370 e. The van der Waals surface area contributed by atoms with Gasteiger partial charge in [-0.2, -0.15) is 13.2 Å². The van der Waals surface area contributed by atoms with Gasteiger partial charge in [-0.05, 0) is 18.9 Å². The highest BCUT2D eigenvalue weighted by Crippen LogP contribution is 2.32. The Balaban J connectivity index is 1.76. The van der Waals surface area contributed by atoms with Gasteiger partial charge in [0.15, 0.2) is 17.4 Å². The molecule has 6 nitrogen and oxygen atoms in total.